The second-order valence-electron chi connectivity index (χ2n) is 6.19. The summed E-state index contributed by atoms with van der Waals surface area (Å²) in [6, 6.07) is 4.93. The number of halogens is 5. The Balaban J connectivity index is 2.13. The van der Waals surface area contributed by atoms with Gasteiger partial charge in [-0.1, -0.05) is 22.0 Å². The summed E-state index contributed by atoms with van der Waals surface area (Å²) in [5.74, 6) is -1.83. The summed E-state index contributed by atoms with van der Waals surface area (Å²) in [7, 11) is 3.52. The van der Waals surface area contributed by atoms with Crippen LogP contribution in [0.5, 0.6) is 5.88 Å². The van der Waals surface area contributed by atoms with Gasteiger partial charge in [0.25, 0.3) is 0 Å². The van der Waals surface area contributed by atoms with Crippen LogP contribution >= 0.6 is 15.9 Å². The Labute approximate surface area is 167 Å². The Hall–Kier alpha value is -2.20. The van der Waals surface area contributed by atoms with E-state index in [1.807, 2.05) is 0 Å². The van der Waals surface area contributed by atoms with Crippen LogP contribution in [0.15, 0.2) is 34.9 Å². The molecule has 1 aromatic heterocycles. The van der Waals surface area contributed by atoms with Gasteiger partial charge in [-0.25, -0.2) is 9.37 Å². The first-order valence-electron chi connectivity index (χ1n) is 8.15. The normalized spacial score (nSPS) is 11.6. The molecule has 0 bridgehead atoms. The highest BCUT2D eigenvalue weighted by atomic mass is 79.9. The topological polar surface area (TPSA) is 54.5 Å². The second-order valence-corrected chi connectivity index (χ2v) is 7.10. The van der Waals surface area contributed by atoms with Crippen molar-refractivity contribution in [2.75, 3.05) is 32.6 Å². The number of likely N-dealkylation sites (N-methyl/N-ethyl adjacent to an activating group) is 1. The number of rotatable bonds is 7. The number of anilines is 1. The number of aromatic nitrogens is 1. The van der Waals surface area contributed by atoms with Crippen molar-refractivity contribution in [2.24, 2.45) is 0 Å². The lowest BCUT2D eigenvalue weighted by Gasteiger charge is -2.16. The number of nitrogens with zero attached hydrogens (tertiary/aromatic N) is 2. The maximum Gasteiger partial charge on any atom is 0.421 e. The van der Waals surface area contributed by atoms with E-state index in [4.69, 9.17) is 4.74 Å². The van der Waals surface area contributed by atoms with Crippen LogP contribution in [-0.4, -0.2) is 43.0 Å². The van der Waals surface area contributed by atoms with Crippen LogP contribution in [0, 0.1) is 5.82 Å². The molecule has 1 aromatic carbocycles. The number of nitrogens with one attached hydrogen (secondary N) is 1. The minimum absolute atomic E-state index is 0.0254. The van der Waals surface area contributed by atoms with E-state index in [1.54, 1.807) is 25.1 Å². The highest BCUT2D eigenvalue weighted by Crippen LogP contribution is 2.36. The van der Waals surface area contributed by atoms with Crippen LogP contribution in [-0.2, 0) is 17.4 Å². The van der Waals surface area contributed by atoms with E-state index in [0.29, 0.717) is 11.0 Å². The van der Waals surface area contributed by atoms with E-state index in [2.05, 4.69) is 26.2 Å². The highest BCUT2D eigenvalue weighted by molar-refractivity contribution is 9.10. The zero-order valence-corrected chi connectivity index (χ0v) is 16.7. The van der Waals surface area contributed by atoms with E-state index >= 15 is 0 Å². The van der Waals surface area contributed by atoms with Crippen molar-refractivity contribution in [3.8, 4) is 5.88 Å². The SMILES string of the molecule is CN(C)CCOc1ncc(NC(=O)Cc2ccc(Br)cc2F)cc1C(F)(F)F. The van der Waals surface area contributed by atoms with E-state index in [1.165, 1.54) is 12.1 Å². The summed E-state index contributed by atoms with van der Waals surface area (Å²) in [6.45, 7) is 0.438. The summed E-state index contributed by atoms with van der Waals surface area (Å²) in [5.41, 5.74) is -1.14. The Kier molecular flexibility index (Phi) is 7.36. The van der Waals surface area contributed by atoms with Crippen molar-refractivity contribution < 1.29 is 27.1 Å². The highest BCUT2D eigenvalue weighted by Gasteiger charge is 2.36. The number of amides is 1. The Bertz CT molecular complexity index is 844. The lowest BCUT2D eigenvalue weighted by atomic mass is 10.1. The van der Waals surface area contributed by atoms with Crippen molar-refractivity contribution in [3.05, 3.63) is 51.9 Å². The number of pyridine rings is 1. The standard InChI is InChI=1S/C18H18BrF4N3O2/c1-26(2)5-6-28-17-14(18(21,22)23)9-13(10-24-17)25-16(27)7-11-3-4-12(19)8-15(11)20/h3-4,8-10H,5-7H2,1-2H3,(H,25,27). The maximum atomic E-state index is 13.8. The number of benzene rings is 1. The molecule has 5 nitrogen and oxygen atoms in total. The molecule has 2 aromatic rings. The van der Waals surface area contributed by atoms with E-state index in [-0.39, 0.29) is 24.3 Å². The van der Waals surface area contributed by atoms with Crippen LogP contribution < -0.4 is 10.1 Å². The molecule has 0 aliphatic rings. The third kappa shape index (κ3) is 6.45. The first-order valence-corrected chi connectivity index (χ1v) is 8.94. The van der Waals surface area contributed by atoms with Crippen molar-refractivity contribution in [2.45, 2.75) is 12.6 Å². The van der Waals surface area contributed by atoms with Crippen LogP contribution in [0.25, 0.3) is 0 Å². The summed E-state index contributed by atoms with van der Waals surface area (Å²) in [5, 5.41) is 2.30. The molecule has 2 rings (SSSR count). The van der Waals surface area contributed by atoms with E-state index in [0.717, 1.165) is 12.3 Å². The predicted molar refractivity (Wildman–Crippen MR) is 99.7 cm³/mol. The molecule has 28 heavy (non-hydrogen) atoms. The number of hydrogen-bond donors (Lipinski definition) is 1. The number of carbonyl (C=O) groups excluding carboxylic acids is 1. The van der Waals surface area contributed by atoms with Gasteiger partial charge in [-0.2, -0.15) is 13.2 Å². The number of hydrogen-bond acceptors (Lipinski definition) is 4. The van der Waals surface area contributed by atoms with Gasteiger partial charge in [0.05, 0.1) is 18.3 Å². The van der Waals surface area contributed by atoms with Crippen molar-refractivity contribution in [1.29, 1.82) is 0 Å². The van der Waals surface area contributed by atoms with E-state index < -0.39 is 29.3 Å². The van der Waals surface area contributed by atoms with Crippen LogP contribution in [0.3, 0.4) is 0 Å². The molecule has 0 fully saturated rings. The average molecular weight is 464 g/mol. The van der Waals surface area contributed by atoms with Gasteiger partial charge in [-0.05, 0) is 37.9 Å². The largest absolute Gasteiger partial charge is 0.476 e. The first kappa shape index (κ1) is 22.1. The smallest absolute Gasteiger partial charge is 0.421 e. The van der Waals surface area contributed by atoms with Gasteiger partial charge >= 0.3 is 6.18 Å². The summed E-state index contributed by atoms with van der Waals surface area (Å²) in [6.07, 6.45) is -3.98. The fourth-order valence-electron chi connectivity index (χ4n) is 2.21. The van der Waals surface area contributed by atoms with Crippen molar-refractivity contribution >= 4 is 27.5 Å². The minimum atomic E-state index is -4.71. The van der Waals surface area contributed by atoms with Gasteiger partial charge < -0.3 is 15.0 Å². The van der Waals surface area contributed by atoms with Gasteiger partial charge in [0.1, 0.15) is 18.0 Å². The predicted octanol–water partition coefficient (Wildman–Crippen LogP) is 4.12. The monoisotopic (exact) mass is 463 g/mol. The van der Waals surface area contributed by atoms with Crippen LogP contribution in [0.1, 0.15) is 11.1 Å². The molecule has 1 heterocycles. The number of ether oxygens (including phenoxy) is 1. The molecule has 0 radical (unpaired) electrons. The molecule has 10 heteroatoms. The summed E-state index contributed by atoms with van der Waals surface area (Å²) < 4.78 is 59.3. The van der Waals surface area contributed by atoms with Gasteiger partial charge in [-0.3, -0.25) is 4.79 Å². The average Bonchev–Trinajstić information content (AvgIpc) is 2.57. The second kappa shape index (κ2) is 9.33. The molecule has 0 spiro atoms. The van der Waals surface area contributed by atoms with Gasteiger partial charge in [-0.15, -0.1) is 0 Å². The summed E-state index contributed by atoms with van der Waals surface area (Å²) in [4.78, 5) is 17.5. The van der Waals surface area contributed by atoms with E-state index in [9.17, 15) is 22.4 Å². The molecule has 0 aliphatic carbocycles. The van der Waals surface area contributed by atoms with Crippen molar-refractivity contribution in [3.63, 3.8) is 0 Å². The van der Waals surface area contributed by atoms with Crippen molar-refractivity contribution in [1.82, 2.24) is 9.88 Å². The first-order chi connectivity index (χ1) is 13.1. The molecular formula is C18H18BrF4N3O2. The molecule has 0 atom stereocenters. The summed E-state index contributed by atoms with van der Waals surface area (Å²) >= 11 is 3.11. The Morgan fingerprint density at radius 3 is 2.61 bits per heavy atom. The fraction of sp³-hybridized carbons (Fsp3) is 0.333. The molecule has 1 N–H and O–H groups in total. The zero-order chi connectivity index (χ0) is 20.9. The minimum Gasteiger partial charge on any atom is -0.476 e. The molecule has 0 aliphatic heterocycles. The number of alkyl halides is 3. The zero-order valence-electron chi connectivity index (χ0n) is 15.1. The lowest BCUT2D eigenvalue weighted by molar-refractivity contribution is -0.139. The molecule has 1 amide bonds. The molecule has 0 saturated carbocycles. The Morgan fingerprint density at radius 1 is 1.29 bits per heavy atom. The fourth-order valence-corrected chi connectivity index (χ4v) is 2.54. The quantitative estimate of drug-likeness (QED) is 0.627. The van der Waals surface area contributed by atoms with Gasteiger partial charge in [0.2, 0.25) is 11.8 Å². The molecule has 0 saturated heterocycles. The van der Waals surface area contributed by atoms with Gasteiger partial charge in [0, 0.05) is 11.0 Å². The lowest BCUT2D eigenvalue weighted by Crippen LogP contribution is -2.21. The molecule has 152 valence electrons. The maximum absolute atomic E-state index is 13.8. The van der Waals surface area contributed by atoms with Crippen LogP contribution in [0.2, 0.25) is 0 Å². The van der Waals surface area contributed by atoms with Gasteiger partial charge in [0.15, 0.2) is 0 Å². The Morgan fingerprint density at radius 2 is 2.00 bits per heavy atom. The molecular weight excluding hydrogens is 446 g/mol. The number of carbonyl (C=O) groups is 1. The third-order valence-electron chi connectivity index (χ3n) is 3.58. The molecule has 0 unspecified atom stereocenters. The third-order valence-corrected chi connectivity index (χ3v) is 4.08. The van der Waals surface area contributed by atoms with Crippen LogP contribution in [0.4, 0.5) is 23.2 Å².